The van der Waals surface area contributed by atoms with Gasteiger partial charge in [-0.05, 0) is 0 Å². The topological polar surface area (TPSA) is 134 Å². The van der Waals surface area contributed by atoms with Crippen molar-refractivity contribution in [2.45, 2.75) is 6.73 Å². The molecule has 10 nitrogen and oxygen atoms in total. The van der Waals surface area contributed by atoms with Crippen molar-refractivity contribution in [2.75, 3.05) is 13.2 Å². The minimum atomic E-state index is -0.746. The third-order valence-electron chi connectivity index (χ3n) is 3.10. The van der Waals surface area contributed by atoms with E-state index >= 15 is 0 Å². The van der Waals surface area contributed by atoms with Crippen LogP contribution in [0.5, 0.6) is 0 Å². The summed E-state index contributed by atoms with van der Waals surface area (Å²) in [5.41, 5.74) is 6.83. The van der Waals surface area contributed by atoms with Crippen molar-refractivity contribution in [1.82, 2.24) is 29.8 Å². The Morgan fingerprint density at radius 3 is 2.79 bits per heavy atom. The van der Waals surface area contributed by atoms with Crippen LogP contribution < -0.4 is 5.73 Å². The largest absolute Gasteiger partial charge is 0.394 e. The average Bonchev–Trinajstić information content (AvgIpc) is 3.23. The molecule has 0 aliphatic heterocycles. The first kappa shape index (κ1) is 15.8. The van der Waals surface area contributed by atoms with Gasteiger partial charge in [0.2, 0.25) is 5.82 Å². The van der Waals surface area contributed by atoms with Gasteiger partial charge in [0.05, 0.1) is 19.4 Å². The zero-order valence-corrected chi connectivity index (χ0v) is 12.6. The number of nitrogens with zero attached hydrogens (tertiary/aromatic N) is 6. The van der Waals surface area contributed by atoms with Gasteiger partial charge in [-0.3, -0.25) is 4.79 Å². The van der Waals surface area contributed by atoms with Crippen LogP contribution >= 0.6 is 0 Å². The van der Waals surface area contributed by atoms with Gasteiger partial charge >= 0.3 is 0 Å². The molecule has 0 fully saturated rings. The van der Waals surface area contributed by atoms with Crippen LogP contribution in [0.2, 0.25) is 0 Å². The summed E-state index contributed by atoms with van der Waals surface area (Å²) in [7, 11) is 0. The molecular weight excluding hydrogens is 314 g/mol. The molecule has 124 valence electrons. The van der Waals surface area contributed by atoms with Crippen LogP contribution in [0.3, 0.4) is 0 Å². The van der Waals surface area contributed by atoms with Crippen molar-refractivity contribution < 1.29 is 14.6 Å². The first-order chi connectivity index (χ1) is 11.7. The van der Waals surface area contributed by atoms with E-state index in [2.05, 4.69) is 20.4 Å². The maximum Gasteiger partial charge on any atom is 0.286 e. The van der Waals surface area contributed by atoms with Crippen LogP contribution in [0.1, 0.15) is 10.6 Å². The van der Waals surface area contributed by atoms with Crippen molar-refractivity contribution in [3.8, 4) is 17.2 Å². The number of carbonyl (C=O) groups is 1. The van der Waals surface area contributed by atoms with Gasteiger partial charge in [0, 0.05) is 5.56 Å². The molecule has 3 N–H and O–H groups in total. The van der Waals surface area contributed by atoms with Crippen molar-refractivity contribution in [3.63, 3.8) is 0 Å². The molecule has 1 amide bonds. The molecule has 24 heavy (non-hydrogen) atoms. The van der Waals surface area contributed by atoms with E-state index in [-0.39, 0.29) is 31.7 Å². The van der Waals surface area contributed by atoms with Gasteiger partial charge < -0.3 is 15.6 Å². The van der Waals surface area contributed by atoms with Crippen molar-refractivity contribution in [2.24, 2.45) is 5.73 Å². The predicted molar refractivity (Wildman–Crippen MR) is 81.9 cm³/mol. The molecule has 0 saturated carbocycles. The Morgan fingerprint density at radius 2 is 2.08 bits per heavy atom. The Bertz CT molecular complexity index is 828. The monoisotopic (exact) mass is 329 g/mol. The van der Waals surface area contributed by atoms with E-state index in [4.69, 9.17) is 15.6 Å². The van der Waals surface area contributed by atoms with E-state index in [1.54, 1.807) is 6.20 Å². The minimum absolute atomic E-state index is 0.0634. The summed E-state index contributed by atoms with van der Waals surface area (Å²) in [5, 5.41) is 20.9. The van der Waals surface area contributed by atoms with E-state index < -0.39 is 5.91 Å². The second-order valence-electron chi connectivity index (χ2n) is 4.77. The Hall–Kier alpha value is -3.11. The van der Waals surface area contributed by atoms with Gasteiger partial charge in [-0.2, -0.15) is 9.67 Å². The number of hydrogen-bond donors (Lipinski definition) is 2. The summed E-state index contributed by atoms with van der Waals surface area (Å²) in [4.78, 5) is 15.5. The molecule has 2 aromatic heterocycles. The fourth-order valence-corrected chi connectivity index (χ4v) is 2.02. The van der Waals surface area contributed by atoms with Gasteiger partial charge in [-0.15, -0.1) is 10.2 Å². The van der Waals surface area contributed by atoms with Crippen molar-refractivity contribution in [3.05, 3.63) is 42.4 Å². The first-order valence-corrected chi connectivity index (χ1v) is 7.10. The Kier molecular flexibility index (Phi) is 4.59. The van der Waals surface area contributed by atoms with E-state index in [1.165, 1.54) is 9.36 Å². The summed E-state index contributed by atoms with van der Waals surface area (Å²) in [6.07, 6.45) is 1.65. The third kappa shape index (κ3) is 3.29. The zero-order chi connectivity index (χ0) is 16.9. The number of benzene rings is 1. The van der Waals surface area contributed by atoms with E-state index in [1.807, 2.05) is 30.3 Å². The lowest BCUT2D eigenvalue weighted by Crippen LogP contribution is -2.20. The second-order valence-corrected chi connectivity index (χ2v) is 4.77. The summed E-state index contributed by atoms with van der Waals surface area (Å²) in [6, 6.07) is 9.49. The van der Waals surface area contributed by atoms with Crippen molar-refractivity contribution in [1.29, 1.82) is 0 Å². The SMILES string of the molecule is NC(=O)c1nc(-n2cc(-c3ccccc3)nn2)nn1COCCO. The quantitative estimate of drug-likeness (QED) is 0.563. The average molecular weight is 329 g/mol. The highest BCUT2D eigenvalue weighted by Crippen LogP contribution is 2.16. The molecular formula is C14H15N7O3. The van der Waals surface area contributed by atoms with Crippen LogP contribution in [-0.4, -0.2) is 54.0 Å². The summed E-state index contributed by atoms with van der Waals surface area (Å²) in [5.74, 6) is -0.671. The lowest BCUT2D eigenvalue weighted by atomic mass is 10.2. The summed E-state index contributed by atoms with van der Waals surface area (Å²) in [6.45, 7) is -0.0993. The molecule has 1 aromatic carbocycles. The molecule has 0 unspecified atom stereocenters. The number of ether oxygens (including phenoxy) is 1. The number of rotatable bonds is 7. The maximum atomic E-state index is 11.5. The van der Waals surface area contributed by atoms with E-state index in [0.717, 1.165) is 5.56 Å². The fourth-order valence-electron chi connectivity index (χ4n) is 2.02. The number of primary amides is 1. The smallest absolute Gasteiger partial charge is 0.286 e. The van der Waals surface area contributed by atoms with E-state index in [0.29, 0.717) is 5.69 Å². The molecule has 3 rings (SSSR count). The van der Waals surface area contributed by atoms with E-state index in [9.17, 15) is 4.79 Å². The zero-order valence-electron chi connectivity index (χ0n) is 12.6. The number of nitrogens with two attached hydrogens (primary N) is 1. The summed E-state index contributed by atoms with van der Waals surface area (Å²) >= 11 is 0. The predicted octanol–water partition coefficient (Wildman–Crippen LogP) is -0.409. The molecule has 3 aromatic rings. The number of aliphatic hydroxyl groups excluding tert-OH is 1. The molecule has 0 aliphatic carbocycles. The normalized spacial score (nSPS) is 10.9. The number of carbonyl (C=O) groups excluding carboxylic acids is 1. The Labute approximate surface area is 136 Å². The highest BCUT2D eigenvalue weighted by molar-refractivity contribution is 5.89. The van der Waals surface area contributed by atoms with Gasteiger partial charge in [-0.25, -0.2) is 4.68 Å². The Balaban J connectivity index is 1.88. The number of hydrogen-bond acceptors (Lipinski definition) is 7. The highest BCUT2D eigenvalue weighted by atomic mass is 16.5. The van der Waals surface area contributed by atoms with Crippen LogP contribution in [0, 0.1) is 0 Å². The molecule has 0 radical (unpaired) electrons. The van der Waals surface area contributed by atoms with Crippen LogP contribution in [-0.2, 0) is 11.5 Å². The number of aliphatic hydroxyl groups is 1. The molecule has 0 spiro atoms. The molecule has 0 bridgehead atoms. The molecule has 0 atom stereocenters. The van der Waals surface area contributed by atoms with Crippen molar-refractivity contribution >= 4 is 5.91 Å². The van der Waals surface area contributed by atoms with Crippen LogP contribution in [0.15, 0.2) is 36.5 Å². The van der Waals surface area contributed by atoms with Gasteiger partial charge in [0.1, 0.15) is 12.4 Å². The lowest BCUT2D eigenvalue weighted by Gasteiger charge is -2.03. The Morgan fingerprint density at radius 1 is 1.29 bits per heavy atom. The third-order valence-corrected chi connectivity index (χ3v) is 3.10. The van der Waals surface area contributed by atoms with Crippen LogP contribution in [0.4, 0.5) is 0 Å². The standard InChI is InChI=1S/C14H15N7O3/c15-12(23)13-16-14(18-21(13)9-24-7-6-22)20-8-11(17-19-20)10-4-2-1-3-5-10/h1-5,8,22H,6-7,9H2,(H2,15,23). The molecule has 2 heterocycles. The minimum Gasteiger partial charge on any atom is -0.394 e. The van der Waals surface area contributed by atoms with Crippen LogP contribution in [0.25, 0.3) is 17.2 Å². The fraction of sp³-hybridized carbons (Fsp3) is 0.214. The van der Waals surface area contributed by atoms with Gasteiger partial charge in [0.15, 0.2) is 0 Å². The molecule has 10 heteroatoms. The van der Waals surface area contributed by atoms with Gasteiger partial charge in [-0.1, -0.05) is 35.5 Å². The first-order valence-electron chi connectivity index (χ1n) is 7.10. The van der Waals surface area contributed by atoms with Gasteiger partial charge in [0.25, 0.3) is 11.9 Å². The molecule has 0 aliphatic rings. The lowest BCUT2D eigenvalue weighted by molar-refractivity contribution is 0.0398. The maximum absolute atomic E-state index is 11.5. The summed E-state index contributed by atoms with van der Waals surface area (Å²) < 4.78 is 7.69. The molecule has 0 saturated heterocycles. The number of aromatic nitrogens is 6. The highest BCUT2D eigenvalue weighted by Gasteiger charge is 2.17. The number of amides is 1. The second kappa shape index (κ2) is 6.98.